The first-order valence-electron chi connectivity index (χ1n) is 11.4. The Morgan fingerprint density at radius 3 is 2.85 bits per heavy atom. The highest BCUT2D eigenvalue weighted by molar-refractivity contribution is 5.95. The third-order valence-corrected chi connectivity index (χ3v) is 5.90. The van der Waals surface area contributed by atoms with Crippen LogP contribution in [0.1, 0.15) is 54.5 Å². The molecule has 0 unspecified atom stereocenters. The Morgan fingerprint density at radius 1 is 1.32 bits per heavy atom. The lowest BCUT2D eigenvalue weighted by Crippen LogP contribution is -2.33. The number of carbonyl (C=O) groups is 1. The van der Waals surface area contributed by atoms with Crippen molar-refractivity contribution in [3.63, 3.8) is 0 Å². The van der Waals surface area contributed by atoms with Crippen molar-refractivity contribution in [2.45, 2.75) is 39.2 Å². The van der Waals surface area contributed by atoms with E-state index in [1.807, 2.05) is 24.3 Å². The molecule has 176 valence electrons. The molecule has 0 radical (unpaired) electrons. The summed E-state index contributed by atoms with van der Waals surface area (Å²) in [6.07, 6.45) is 4.84. The summed E-state index contributed by atoms with van der Waals surface area (Å²) in [5, 5.41) is 13.3. The number of likely N-dealkylation sites (tertiary alicyclic amines) is 1. The van der Waals surface area contributed by atoms with Crippen LogP contribution >= 0.6 is 0 Å². The molecular weight excluding hydrogens is 434 g/mol. The predicted octanol–water partition coefficient (Wildman–Crippen LogP) is 3.25. The van der Waals surface area contributed by atoms with Crippen LogP contribution in [0.15, 0.2) is 35.0 Å². The summed E-state index contributed by atoms with van der Waals surface area (Å²) in [4.78, 5) is 27.9. The molecule has 1 aliphatic rings. The van der Waals surface area contributed by atoms with Gasteiger partial charge < -0.3 is 15.0 Å². The number of Topliss-reactive ketones (excluding diaryl/α,β-unsaturated/α-hetero) is 1. The average Bonchev–Trinajstić information content (AvgIpc) is 3.32. The molecule has 10 heteroatoms. The third-order valence-electron chi connectivity index (χ3n) is 5.90. The summed E-state index contributed by atoms with van der Waals surface area (Å²) < 4.78 is 10.8. The first-order chi connectivity index (χ1) is 16.6. The van der Waals surface area contributed by atoms with E-state index in [1.165, 1.54) is 6.07 Å². The van der Waals surface area contributed by atoms with E-state index in [0.717, 1.165) is 32.4 Å². The van der Waals surface area contributed by atoms with Gasteiger partial charge in [0.05, 0.1) is 18.8 Å². The van der Waals surface area contributed by atoms with Crippen molar-refractivity contribution in [2.24, 2.45) is 5.92 Å². The van der Waals surface area contributed by atoms with E-state index < -0.39 is 0 Å². The number of nitrogen functional groups attached to an aromatic ring is 1. The van der Waals surface area contributed by atoms with Gasteiger partial charge in [0.1, 0.15) is 23.0 Å². The minimum atomic E-state index is -0.0903. The number of carbonyl (C=O) groups excluding carboxylic acids is 1. The van der Waals surface area contributed by atoms with Gasteiger partial charge in [-0.25, -0.2) is 4.98 Å². The van der Waals surface area contributed by atoms with E-state index in [9.17, 15) is 10.1 Å². The van der Waals surface area contributed by atoms with Crippen molar-refractivity contribution in [2.75, 3.05) is 25.4 Å². The Hall–Kier alpha value is -3.84. The fourth-order valence-electron chi connectivity index (χ4n) is 4.04. The van der Waals surface area contributed by atoms with Crippen LogP contribution < -0.4 is 10.5 Å². The second-order valence-corrected chi connectivity index (χ2v) is 8.23. The van der Waals surface area contributed by atoms with Crippen molar-refractivity contribution < 1.29 is 14.1 Å². The standard InChI is InChI=1S/C24H27N7O3/c1-2-33-24-17(14-25)18(26)13-20(28-24)21(32)7-6-16-8-11-31(12-9-16)15-22-29-23(30-34-22)19-5-3-4-10-27-19/h3-5,10,13,16H,2,6-9,11-12,15H2,1H3,(H2,26,28). The third kappa shape index (κ3) is 5.55. The molecule has 4 heterocycles. The number of ether oxygens (including phenoxy) is 1. The summed E-state index contributed by atoms with van der Waals surface area (Å²) in [7, 11) is 0. The molecule has 0 saturated carbocycles. The largest absolute Gasteiger partial charge is 0.477 e. The lowest BCUT2D eigenvalue weighted by atomic mass is 9.91. The highest BCUT2D eigenvalue weighted by Gasteiger charge is 2.23. The number of hydrogen-bond acceptors (Lipinski definition) is 10. The monoisotopic (exact) mass is 461 g/mol. The Labute approximate surface area is 197 Å². The molecule has 1 saturated heterocycles. The van der Waals surface area contributed by atoms with Crippen LogP contribution in [0.3, 0.4) is 0 Å². The number of rotatable bonds is 9. The van der Waals surface area contributed by atoms with Crippen LogP contribution in [-0.2, 0) is 6.54 Å². The first kappa shape index (κ1) is 23.3. The smallest absolute Gasteiger partial charge is 0.241 e. The van der Waals surface area contributed by atoms with Gasteiger partial charge in [-0.05, 0) is 63.4 Å². The number of anilines is 1. The van der Waals surface area contributed by atoms with Crippen molar-refractivity contribution >= 4 is 11.5 Å². The van der Waals surface area contributed by atoms with Crippen molar-refractivity contribution in [1.82, 2.24) is 25.0 Å². The van der Waals surface area contributed by atoms with Gasteiger partial charge in [0.15, 0.2) is 5.78 Å². The van der Waals surface area contributed by atoms with Crippen molar-refractivity contribution in [1.29, 1.82) is 5.26 Å². The van der Waals surface area contributed by atoms with Gasteiger partial charge in [0, 0.05) is 12.6 Å². The zero-order valence-corrected chi connectivity index (χ0v) is 19.1. The van der Waals surface area contributed by atoms with Crippen LogP contribution in [-0.4, -0.2) is 50.5 Å². The summed E-state index contributed by atoms with van der Waals surface area (Å²) in [6.45, 7) is 4.52. The van der Waals surface area contributed by atoms with E-state index in [4.69, 9.17) is 15.0 Å². The zero-order valence-electron chi connectivity index (χ0n) is 19.1. The number of ketones is 1. The molecule has 10 nitrogen and oxygen atoms in total. The molecule has 0 bridgehead atoms. The topological polar surface area (TPSA) is 144 Å². The Morgan fingerprint density at radius 2 is 2.15 bits per heavy atom. The molecule has 2 N–H and O–H groups in total. The Kier molecular flexibility index (Phi) is 7.44. The molecule has 3 aromatic heterocycles. The highest BCUT2D eigenvalue weighted by Crippen LogP contribution is 2.26. The summed E-state index contributed by atoms with van der Waals surface area (Å²) in [5.74, 6) is 1.55. The summed E-state index contributed by atoms with van der Waals surface area (Å²) >= 11 is 0. The summed E-state index contributed by atoms with van der Waals surface area (Å²) in [6, 6.07) is 9.03. The van der Waals surface area contributed by atoms with Crippen LogP contribution in [0.25, 0.3) is 11.5 Å². The SMILES string of the molecule is CCOc1nc(C(=O)CCC2CCN(Cc3nc(-c4ccccn4)no3)CC2)cc(N)c1C#N. The molecule has 0 amide bonds. The second-order valence-electron chi connectivity index (χ2n) is 8.23. The fraction of sp³-hybridized carbons (Fsp3) is 0.417. The molecular formula is C24H27N7O3. The Balaban J connectivity index is 1.26. The molecule has 0 aliphatic carbocycles. The molecule has 4 rings (SSSR count). The maximum absolute atomic E-state index is 12.7. The predicted molar refractivity (Wildman–Crippen MR) is 124 cm³/mol. The number of nitrogens with two attached hydrogens (primary N) is 1. The number of nitriles is 1. The molecule has 1 fully saturated rings. The second kappa shape index (κ2) is 10.9. The van der Waals surface area contributed by atoms with E-state index in [1.54, 1.807) is 13.1 Å². The molecule has 34 heavy (non-hydrogen) atoms. The van der Waals surface area contributed by atoms with Gasteiger partial charge in [0.25, 0.3) is 0 Å². The number of hydrogen-bond donors (Lipinski definition) is 1. The molecule has 3 aromatic rings. The van der Waals surface area contributed by atoms with Gasteiger partial charge in [-0.2, -0.15) is 10.2 Å². The van der Waals surface area contributed by atoms with Gasteiger partial charge in [-0.1, -0.05) is 11.2 Å². The van der Waals surface area contributed by atoms with Crippen LogP contribution in [0.5, 0.6) is 5.88 Å². The van der Waals surface area contributed by atoms with Gasteiger partial charge in [0.2, 0.25) is 17.6 Å². The number of nitrogens with zero attached hydrogens (tertiary/aromatic N) is 6. The summed E-state index contributed by atoms with van der Waals surface area (Å²) in [5.41, 5.74) is 7.25. The normalized spacial score (nSPS) is 14.6. The molecule has 0 aromatic carbocycles. The van der Waals surface area contributed by atoms with Crippen LogP contribution in [0.2, 0.25) is 0 Å². The molecule has 0 atom stereocenters. The maximum Gasteiger partial charge on any atom is 0.241 e. The maximum atomic E-state index is 12.7. The van der Waals surface area contributed by atoms with Gasteiger partial charge >= 0.3 is 0 Å². The van der Waals surface area contributed by atoms with Crippen molar-refractivity contribution in [3.05, 3.63) is 47.6 Å². The number of pyridine rings is 2. The zero-order chi connectivity index (χ0) is 23.9. The first-order valence-corrected chi connectivity index (χ1v) is 11.4. The number of piperidine rings is 1. The van der Waals surface area contributed by atoms with E-state index in [0.29, 0.717) is 42.9 Å². The van der Waals surface area contributed by atoms with E-state index in [2.05, 4.69) is 25.0 Å². The number of aromatic nitrogens is 4. The minimum Gasteiger partial charge on any atom is -0.477 e. The average molecular weight is 462 g/mol. The van der Waals surface area contributed by atoms with Crippen LogP contribution in [0.4, 0.5) is 5.69 Å². The minimum absolute atomic E-state index is 0.0903. The quantitative estimate of drug-likeness (QED) is 0.471. The lowest BCUT2D eigenvalue weighted by Gasteiger charge is -2.30. The van der Waals surface area contributed by atoms with E-state index >= 15 is 0 Å². The van der Waals surface area contributed by atoms with Gasteiger partial charge in [-0.15, -0.1) is 0 Å². The van der Waals surface area contributed by atoms with Crippen molar-refractivity contribution in [3.8, 4) is 23.5 Å². The highest BCUT2D eigenvalue weighted by atomic mass is 16.5. The lowest BCUT2D eigenvalue weighted by molar-refractivity contribution is 0.0953. The fourth-order valence-corrected chi connectivity index (χ4v) is 4.04. The molecule has 1 aliphatic heterocycles. The Bertz CT molecular complexity index is 1170. The van der Waals surface area contributed by atoms with Gasteiger partial charge in [-0.3, -0.25) is 14.7 Å². The van der Waals surface area contributed by atoms with Crippen LogP contribution in [0, 0.1) is 17.2 Å². The van der Waals surface area contributed by atoms with E-state index in [-0.39, 0.29) is 28.6 Å². The molecule has 0 spiro atoms.